The Morgan fingerprint density at radius 3 is 2.73 bits per heavy atom. The van der Waals surface area contributed by atoms with Crippen molar-refractivity contribution in [3.05, 3.63) is 29.7 Å². The lowest BCUT2D eigenvalue weighted by atomic mass is 10.2. The zero-order valence-corrected chi connectivity index (χ0v) is 14.8. The molecule has 0 radical (unpaired) electrons. The van der Waals surface area contributed by atoms with E-state index in [2.05, 4.69) is 20.4 Å². The van der Waals surface area contributed by atoms with E-state index in [0.717, 1.165) is 0 Å². The zero-order valence-electron chi connectivity index (χ0n) is 14.8. The van der Waals surface area contributed by atoms with Gasteiger partial charge in [0, 0.05) is 6.07 Å². The van der Waals surface area contributed by atoms with Gasteiger partial charge in [-0.3, -0.25) is 0 Å². The molecule has 1 N–H and O–H groups in total. The largest absolute Gasteiger partial charge is 0.497 e. The summed E-state index contributed by atoms with van der Waals surface area (Å²) >= 11 is 0. The number of hydrogen-bond donors (Lipinski definition) is 1. The van der Waals surface area contributed by atoms with Crippen LogP contribution in [0.25, 0.3) is 11.1 Å². The maximum atomic E-state index is 12.1. The van der Waals surface area contributed by atoms with Crippen LogP contribution in [0.3, 0.4) is 0 Å². The van der Waals surface area contributed by atoms with Crippen LogP contribution in [0.2, 0.25) is 0 Å². The molecule has 0 aliphatic carbocycles. The normalized spacial score (nSPS) is 10.6. The van der Waals surface area contributed by atoms with Crippen molar-refractivity contribution in [1.29, 1.82) is 0 Å². The minimum Gasteiger partial charge on any atom is -0.497 e. The second-order valence-corrected chi connectivity index (χ2v) is 5.24. The molecule has 0 fully saturated rings. The molecule has 26 heavy (non-hydrogen) atoms. The lowest BCUT2D eigenvalue weighted by Gasteiger charge is -2.12. The summed E-state index contributed by atoms with van der Waals surface area (Å²) in [4.78, 5) is 20.7. The number of carbonyl (C=O) groups is 1. The van der Waals surface area contributed by atoms with Gasteiger partial charge in [-0.2, -0.15) is 4.98 Å². The first kappa shape index (κ1) is 17.5. The minimum absolute atomic E-state index is 0.0110. The molecule has 0 unspecified atom stereocenters. The molecule has 0 aliphatic rings. The van der Waals surface area contributed by atoms with Gasteiger partial charge in [0.25, 0.3) is 5.71 Å². The number of fused-ring (bicyclic) bond motifs is 1. The van der Waals surface area contributed by atoms with Crippen LogP contribution in [0.1, 0.15) is 23.2 Å². The molecule has 3 aromatic rings. The highest BCUT2D eigenvalue weighted by atomic mass is 16.5. The summed E-state index contributed by atoms with van der Waals surface area (Å²) in [6, 6.07) is 5.28. The average Bonchev–Trinajstić information content (AvgIpc) is 3.06. The molecule has 9 nitrogen and oxygen atoms in total. The number of nitrogens with one attached hydrogen (secondary N) is 1. The first-order chi connectivity index (χ1) is 12.6. The highest BCUT2D eigenvalue weighted by Crippen LogP contribution is 2.34. The van der Waals surface area contributed by atoms with Crippen molar-refractivity contribution in [3.63, 3.8) is 0 Å². The number of ether oxygens (including phenoxy) is 3. The quantitative estimate of drug-likeness (QED) is 0.665. The lowest BCUT2D eigenvalue weighted by molar-refractivity contribution is 0.0517. The SMILES string of the molecule is CCOC(=O)c1noc2nc(C)nc(Nc3ccc(OC)cc3OC)c12. The number of aryl methyl sites for hydroxylation is 1. The van der Waals surface area contributed by atoms with Crippen molar-refractivity contribution in [1.82, 2.24) is 15.1 Å². The van der Waals surface area contributed by atoms with Gasteiger partial charge in [-0.15, -0.1) is 0 Å². The average molecular weight is 358 g/mol. The summed E-state index contributed by atoms with van der Waals surface area (Å²) in [6.45, 7) is 3.64. The van der Waals surface area contributed by atoms with Crippen molar-refractivity contribution >= 4 is 28.6 Å². The fraction of sp³-hybridized carbons (Fsp3) is 0.294. The van der Waals surface area contributed by atoms with Gasteiger partial charge in [0.1, 0.15) is 28.5 Å². The fourth-order valence-electron chi connectivity index (χ4n) is 2.42. The van der Waals surface area contributed by atoms with Gasteiger partial charge in [0.2, 0.25) is 5.69 Å². The van der Waals surface area contributed by atoms with E-state index in [4.69, 9.17) is 18.7 Å². The van der Waals surface area contributed by atoms with Crippen molar-refractivity contribution < 1.29 is 23.5 Å². The summed E-state index contributed by atoms with van der Waals surface area (Å²) in [5.41, 5.74) is 0.830. The number of methoxy groups -OCH3 is 2. The van der Waals surface area contributed by atoms with Crippen LogP contribution in [-0.4, -0.2) is 41.9 Å². The highest BCUT2D eigenvalue weighted by Gasteiger charge is 2.23. The second-order valence-electron chi connectivity index (χ2n) is 5.24. The van der Waals surface area contributed by atoms with Crippen molar-refractivity contribution in [2.45, 2.75) is 13.8 Å². The van der Waals surface area contributed by atoms with Crippen LogP contribution >= 0.6 is 0 Å². The second kappa shape index (κ2) is 7.26. The minimum atomic E-state index is -0.608. The molecule has 0 saturated carbocycles. The van der Waals surface area contributed by atoms with Gasteiger partial charge in [0.05, 0.1) is 26.5 Å². The Labute approximate surface area is 149 Å². The van der Waals surface area contributed by atoms with Gasteiger partial charge in [-0.1, -0.05) is 5.16 Å². The molecule has 0 saturated heterocycles. The van der Waals surface area contributed by atoms with Crippen LogP contribution in [0.4, 0.5) is 11.5 Å². The van der Waals surface area contributed by atoms with E-state index in [-0.39, 0.29) is 18.0 Å². The summed E-state index contributed by atoms with van der Waals surface area (Å²) in [7, 11) is 3.12. The maximum Gasteiger partial charge on any atom is 0.361 e. The molecule has 1 aromatic carbocycles. The van der Waals surface area contributed by atoms with E-state index in [1.165, 1.54) is 0 Å². The van der Waals surface area contributed by atoms with Crippen LogP contribution in [-0.2, 0) is 4.74 Å². The van der Waals surface area contributed by atoms with E-state index < -0.39 is 5.97 Å². The van der Waals surface area contributed by atoms with Crippen molar-refractivity contribution in [3.8, 4) is 11.5 Å². The Bertz CT molecular complexity index is 954. The molecule has 3 rings (SSSR count). The van der Waals surface area contributed by atoms with Gasteiger partial charge in [0.15, 0.2) is 0 Å². The first-order valence-corrected chi connectivity index (χ1v) is 7.87. The number of anilines is 2. The fourth-order valence-corrected chi connectivity index (χ4v) is 2.42. The predicted octanol–water partition coefficient (Wildman–Crippen LogP) is 2.86. The first-order valence-electron chi connectivity index (χ1n) is 7.87. The number of nitrogens with zero attached hydrogens (tertiary/aromatic N) is 3. The summed E-state index contributed by atoms with van der Waals surface area (Å²) in [6.07, 6.45) is 0. The Kier molecular flexibility index (Phi) is 4.87. The number of benzene rings is 1. The zero-order chi connectivity index (χ0) is 18.7. The number of esters is 1. The number of aromatic nitrogens is 3. The Balaban J connectivity index is 2.10. The Hall–Kier alpha value is -3.36. The topological polar surface area (TPSA) is 109 Å². The van der Waals surface area contributed by atoms with Crippen LogP contribution in [0.15, 0.2) is 22.7 Å². The Morgan fingerprint density at radius 2 is 2.04 bits per heavy atom. The van der Waals surface area contributed by atoms with Gasteiger partial charge < -0.3 is 24.1 Å². The molecule has 0 bridgehead atoms. The summed E-state index contributed by atoms with van der Waals surface area (Å²) < 4.78 is 20.8. The summed E-state index contributed by atoms with van der Waals surface area (Å²) in [5, 5.41) is 7.27. The number of hydrogen-bond acceptors (Lipinski definition) is 9. The highest BCUT2D eigenvalue weighted by molar-refractivity contribution is 6.05. The molecule has 0 atom stereocenters. The molecule has 9 heteroatoms. The third kappa shape index (κ3) is 3.23. The smallest absolute Gasteiger partial charge is 0.361 e. The number of rotatable bonds is 6. The van der Waals surface area contributed by atoms with E-state index in [1.807, 2.05) is 0 Å². The maximum absolute atomic E-state index is 12.1. The van der Waals surface area contributed by atoms with E-state index in [0.29, 0.717) is 34.2 Å². The van der Waals surface area contributed by atoms with E-state index in [9.17, 15) is 4.79 Å². The van der Waals surface area contributed by atoms with Crippen LogP contribution in [0, 0.1) is 6.92 Å². The molecule has 2 aromatic heterocycles. The molecule has 0 spiro atoms. The molecular formula is C17H18N4O5. The van der Waals surface area contributed by atoms with E-state index in [1.54, 1.807) is 46.3 Å². The molecular weight excluding hydrogens is 340 g/mol. The monoisotopic (exact) mass is 358 g/mol. The molecule has 2 heterocycles. The predicted molar refractivity (Wildman–Crippen MR) is 93.1 cm³/mol. The summed E-state index contributed by atoms with van der Waals surface area (Å²) in [5.74, 6) is 1.40. The third-order valence-electron chi connectivity index (χ3n) is 3.58. The Morgan fingerprint density at radius 1 is 1.23 bits per heavy atom. The third-order valence-corrected chi connectivity index (χ3v) is 3.58. The molecule has 136 valence electrons. The molecule has 0 amide bonds. The van der Waals surface area contributed by atoms with Crippen LogP contribution in [0.5, 0.6) is 11.5 Å². The standard InChI is InChI=1S/C17H18N4O5/c1-5-25-17(22)14-13-15(18-9(2)19-16(13)26-21-14)20-11-7-6-10(23-3)8-12(11)24-4/h6-8H,5H2,1-4H3,(H,18,19,20). The van der Waals surface area contributed by atoms with Crippen LogP contribution < -0.4 is 14.8 Å². The van der Waals surface area contributed by atoms with Crippen molar-refractivity contribution in [2.24, 2.45) is 0 Å². The van der Waals surface area contributed by atoms with E-state index >= 15 is 0 Å². The van der Waals surface area contributed by atoms with Crippen molar-refractivity contribution in [2.75, 3.05) is 26.1 Å². The van der Waals surface area contributed by atoms with Gasteiger partial charge in [-0.05, 0) is 26.0 Å². The molecule has 0 aliphatic heterocycles. The number of carbonyl (C=O) groups excluding carboxylic acids is 1. The van der Waals surface area contributed by atoms with Gasteiger partial charge in [-0.25, -0.2) is 9.78 Å². The van der Waals surface area contributed by atoms with Gasteiger partial charge >= 0.3 is 5.97 Å². The lowest BCUT2D eigenvalue weighted by Crippen LogP contribution is -2.07.